The van der Waals surface area contributed by atoms with E-state index in [0.717, 1.165) is 22.4 Å². The van der Waals surface area contributed by atoms with Crippen molar-refractivity contribution in [3.05, 3.63) is 72.9 Å². The van der Waals surface area contributed by atoms with Crippen LogP contribution in [0.25, 0.3) is 22.4 Å². The number of hydrogen-bond acceptors (Lipinski definition) is 2. The van der Waals surface area contributed by atoms with Crippen LogP contribution in [0.1, 0.15) is 0 Å². The predicted octanol–water partition coefficient (Wildman–Crippen LogP) is 3.95. The maximum atomic E-state index is 13.0. The summed E-state index contributed by atoms with van der Waals surface area (Å²) in [6.07, 6.45) is 5.22. The zero-order valence-electron chi connectivity index (χ0n) is 10.1. The standard InChI is InChI=1S/C16H11FN2/c17-14-5-3-12(4-6-14)15-2-1-9-19-16(15)13-7-10-18-11-8-13/h1-11H. The lowest BCUT2D eigenvalue weighted by atomic mass is 10.0. The Kier molecular flexibility index (Phi) is 3.02. The third-order valence-corrected chi connectivity index (χ3v) is 2.92. The quantitative estimate of drug-likeness (QED) is 0.688. The maximum absolute atomic E-state index is 13.0. The lowest BCUT2D eigenvalue weighted by molar-refractivity contribution is 0.628. The molecule has 19 heavy (non-hydrogen) atoms. The monoisotopic (exact) mass is 250 g/mol. The summed E-state index contributed by atoms with van der Waals surface area (Å²) < 4.78 is 13.0. The molecule has 0 saturated carbocycles. The van der Waals surface area contributed by atoms with Crippen molar-refractivity contribution in [2.24, 2.45) is 0 Å². The van der Waals surface area contributed by atoms with Crippen molar-refractivity contribution < 1.29 is 4.39 Å². The molecule has 92 valence electrons. The van der Waals surface area contributed by atoms with E-state index in [4.69, 9.17) is 0 Å². The van der Waals surface area contributed by atoms with Crippen LogP contribution in [0.15, 0.2) is 67.1 Å². The maximum Gasteiger partial charge on any atom is 0.123 e. The van der Waals surface area contributed by atoms with Crippen molar-refractivity contribution in [2.45, 2.75) is 0 Å². The van der Waals surface area contributed by atoms with Gasteiger partial charge in [-0.3, -0.25) is 9.97 Å². The zero-order chi connectivity index (χ0) is 13.1. The van der Waals surface area contributed by atoms with E-state index in [1.165, 1.54) is 12.1 Å². The Morgan fingerprint density at radius 2 is 1.47 bits per heavy atom. The third-order valence-electron chi connectivity index (χ3n) is 2.92. The lowest BCUT2D eigenvalue weighted by Crippen LogP contribution is -1.89. The van der Waals surface area contributed by atoms with Crippen LogP contribution < -0.4 is 0 Å². The number of aromatic nitrogens is 2. The van der Waals surface area contributed by atoms with E-state index < -0.39 is 0 Å². The van der Waals surface area contributed by atoms with Crippen LogP contribution in [0.3, 0.4) is 0 Å². The van der Waals surface area contributed by atoms with Gasteiger partial charge in [0, 0.05) is 29.7 Å². The van der Waals surface area contributed by atoms with Gasteiger partial charge in [-0.1, -0.05) is 18.2 Å². The Hall–Kier alpha value is -2.55. The first-order valence-corrected chi connectivity index (χ1v) is 5.96. The molecule has 0 spiro atoms. The van der Waals surface area contributed by atoms with Crippen LogP contribution in [0.4, 0.5) is 4.39 Å². The molecule has 2 heterocycles. The molecule has 1 aromatic carbocycles. The highest BCUT2D eigenvalue weighted by Crippen LogP contribution is 2.29. The first-order valence-electron chi connectivity index (χ1n) is 5.96. The Morgan fingerprint density at radius 1 is 0.737 bits per heavy atom. The number of halogens is 1. The highest BCUT2D eigenvalue weighted by molar-refractivity contribution is 5.80. The topological polar surface area (TPSA) is 25.8 Å². The fourth-order valence-electron chi connectivity index (χ4n) is 2.01. The minimum atomic E-state index is -0.238. The second-order valence-corrected chi connectivity index (χ2v) is 4.14. The molecular weight excluding hydrogens is 239 g/mol. The van der Waals surface area contributed by atoms with Gasteiger partial charge in [-0.2, -0.15) is 0 Å². The van der Waals surface area contributed by atoms with E-state index in [2.05, 4.69) is 9.97 Å². The van der Waals surface area contributed by atoms with E-state index >= 15 is 0 Å². The second kappa shape index (κ2) is 4.98. The summed E-state index contributed by atoms with van der Waals surface area (Å²) in [5, 5.41) is 0. The van der Waals surface area contributed by atoms with E-state index in [9.17, 15) is 4.39 Å². The summed E-state index contributed by atoms with van der Waals surface area (Å²) in [4.78, 5) is 8.43. The lowest BCUT2D eigenvalue weighted by Gasteiger charge is -2.08. The van der Waals surface area contributed by atoms with E-state index in [1.807, 2.05) is 24.3 Å². The first kappa shape index (κ1) is 11.5. The molecule has 0 N–H and O–H groups in total. The number of nitrogens with zero attached hydrogens (tertiary/aromatic N) is 2. The molecule has 3 aromatic rings. The van der Waals surface area contributed by atoms with Crippen molar-refractivity contribution in [3.63, 3.8) is 0 Å². The zero-order valence-corrected chi connectivity index (χ0v) is 10.1. The van der Waals surface area contributed by atoms with Gasteiger partial charge in [0.15, 0.2) is 0 Å². The van der Waals surface area contributed by atoms with Crippen molar-refractivity contribution in [3.8, 4) is 22.4 Å². The molecule has 0 aliphatic rings. The molecule has 0 aliphatic heterocycles. The first-order chi connectivity index (χ1) is 9.34. The summed E-state index contributed by atoms with van der Waals surface area (Å²) in [5.41, 5.74) is 3.79. The Bertz CT molecular complexity index is 679. The second-order valence-electron chi connectivity index (χ2n) is 4.14. The summed E-state index contributed by atoms with van der Waals surface area (Å²) in [7, 11) is 0. The van der Waals surface area contributed by atoms with Gasteiger partial charge < -0.3 is 0 Å². The minimum absolute atomic E-state index is 0.238. The minimum Gasteiger partial charge on any atom is -0.265 e. The summed E-state index contributed by atoms with van der Waals surface area (Å²) in [5.74, 6) is -0.238. The van der Waals surface area contributed by atoms with Gasteiger partial charge in [0.1, 0.15) is 5.82 Å². The number of pyridine rings is 2. The molecule has 0 amide bonds. The molecule has 0 bridgehead atoms. The van der Waals surface area contributed by atoms with Crippen LogP contribution in [0, 0.1) is 5.82 Å². The van der Waals surface area contributed by atoms with Gasteiger partial charge >= 0.3 is 0 Å². The van der Waals surface area contributed by atoms with Crippen LogP contribution in [0.2, 0.25) is 0 Å². The largest absolute Gasteiger partial charge is 0.265 e. The van der Waals surface area contributed by atoms with Crippen LogP contribution >= 0.6 is 0 Å². The van der Waals surface area contributed by atoms with Gasteiger partial charge in [0.25, 0.3) is 0 Å². The molecule has 2 nitrogen and oxygen atoms in total. The summed E-state index contributed by atoms with van der Waals surface area (Å²) in [6.45, 7) is 0. The molecule has 3 rings (SSSR count). The van der Waals surface area contributed by atoms with Crippen molar-refractivity contribution >= 4 is 0 Å². The van der Waals surface area contributed by atoms with Crippen LogP contribution in [-0.4, -0.2) is 9.97 Å². The third kappa shape index (κ3) is 2.36. The van der Waals surface area contributed by atoms with Crippen molar-refractivity contribution in [2.75, 3.05) is 0 Å². The molecule has 2 aromatic heterocycles. The SMILES string of the molecule is Fc1ccc(-c2cccnc2-c2ccncc2)cc1. The highest BCUT2D eigenvalue weighted by atomic mass is 19.1. The van der Waals surface area contributed by atoms with E-state index in [0.29, 0.717) is 0 Å². The van der Waals surface area contributed by atoms with Crippen LogP contribution in [-0.2, 0) is 0 Å². The highest BCUT2D eigenvalue weighted by Gasteiger charge is 2.08. The predicted molar refractivity (Wildman–Crippen MR) is 72.9 cm³/mol. The molecule has 0 unspecified atom stereocenters. The molecule has 0 saturated heterocycles. The summed E-state index contributed by atoms with van der Waals surface area (Å²) in [6, 6.07) is 14.1. The number of rotatable bonds is 2. The molecule has 3 heteroatoms. The van der Waals surface area contributed by atoms with Gasteiger partial charge in [-0.15, -0.1) is 0 Å². The molecule has 0 radical (unpaired) electrons. The van der Waals surface area contributed by atoms with Gasteiger partial charge in [0.05, 0.1) is 5.69 Å². The smallest absolute Gasteiger partial charge is 0.123 e. The molecular formula is C16H11FN2. The molecule has 0 fully saturated rings. The Balaban J connectivity index is 2.15. The fraction of sp³-hybridized carbons (Fsp3) is 0. The Morgan fingerprint density at radius 3 is 2.21 bits per heavy atom. The Labute approximate surface area is 110 Å². The molecule has 0 aliphatic carbocycles. The summed E-state index contributed by atoms with van der Waals surface area (Å²) >= 11 is 0. The average molecular weight is 250 g/mol. The van der Waals surface area contributed by atoms with Gasteiger partial charge in [0.2, 0.25) is 0 Å². The normalized spacial score (nSPS) is 10.4. The van der Waals surface area contributed by atoms with Gasteiger partial charge in [-0.25, -0.2) is 4.39 Å². The number of hydrogen-bond donors (Lipinski definition) is 0. The van der Waals surface area contributed by atoms with Crippen LogP contribution in [0.5, 0.6) is 0 Å². The molecule has 0 atom stereocenters. The number of benzene rings is 1. The van der Waals surface area contributed by atoms with Crippen molar-refractivity contribution in [1.29, 1.82) is 0 Å². The van der Waals surface area contributed by atoms with Gasteiger partial charge in [-0.05, 0) is 35.9 Å². The van der Waals surface area contributed by atoms with E-state index in [1.54, 1.807) is 30.7 Å². The average Bonchev–Trinajstić information content (AvgIpc) is 2.49. The fourth-order valence-corrected chi connectivity index (χ4v) is 2.01. The van der Waals surface area contributed by atoms with E-state index in [-0.39, 0.29) is 5.82 Å². The van der Waals surface area contributed by atoms with Crippen molar-refractivity contribution in [1.82, 2.24) is 9.97 Å².